The summed E-state index contributed by atoms with van der Waals surface area (Å²) in [7, 11) is 0. The van der Waals surface area contributed by atoms with Gasteiger partial charge in [-0.1, -0.05) is 32.4 Å². The van der Waals surface area contributed by atoms with E-state index in [-0.39, 0.29) is 11.9 Å². The Labute approximate surface area is 141 Å². The van der Waals surface area contributed by atoms with Gasteiger partial charge in [0.25, 0.3) is 5.91 Å². The van der Waals surface area contributed by atoms with E-state index in [1.807, 2.05) is 25.1 Å². The van der Waals surface area contributed by atoms with Crippen molar-refractivity contribution in [3.05, 3.63) is 54.2 Å². The summed E-state index contributed by atoms with van der Waals surface area (Å²) in [6.45, 7) is 7.25. The summed E-state index contributed by atoms with van der Waals surface area (Å²) >= 11 is 0. The molecule has 2 heterocycles. The van der Waals surface area contributed by atoms with Gasteiger partial charge < -0.3 is 14.3 Å². The molecule has 126 valence electrons. The molecule has 5 heteroatoms. The Balaban J connectivity index is 1.92. The number of benzene rings is 1. The molecule has 0 saturated heterocycles. The molecule has 0 spiro atoms. The van der Waals surface area contributed by atoms with E-state index in [9.17, 15) is 4.79 Å². The van der Waals surface area contributed by atoms with E-state index in [0.29, 0.717) is 11.7 Å². The number of fused-ring (bicyclic) bond motifs is 1. The molecule has 1 aromatic carbocycles. The van der Waals surface area contributed by atoms with Crippen LogP contribution in [-0.2, 0) is 6.54 Å². The van der Waals surface area contributed by atoms with Crippen molar-refractivity contribution in [2.45, 2.75) is 39.8 Å². The number of hydrogen-bond donors (Lipinski definition) is 1. The second kappa shape index (κ2) is 6.91. The van der Waals surface area contributed by atoms with E-state index in [2.05, 4.69) is 29.8 Å². The van der Waals surface area contributed by atoms with E-state index in [1.165, 1.54) is 6.26 Å². The standard InChI is InChI=1S/C19H23N3O2/c1-4-13(2)12-22-16-9-6-5-8-15(16)21-18(22)14(3)20-19(23)17-10-7-11-24-17/h5-11,13-14H,4,12H2,1-3H3,(H,20,23). The Kier molecular flexibility index (Phi) is 4.69. The van der Waals surface area contributed by atoms with Crippen molar-refractivity contribution >= 4 is 16.9 Å². The number of nitrogens with zero attached hydrogens (tertiary/aromatic N) is 2. The lowest BCUT2D eigenvalue weighted by Gasteiger charge is -2.18. The van der Waals surface area contributed by atoms with Gasteiger partial charge in [-0.3, -0.25) is 4.79 Å². The monoisotopic (exact) mass is 325 g/mol. The molecule has 0 aliphatic carbocycles. The minimum Gasteiger partial charge on any atom is -0.459 e. The van der Waals surface area contributed by atoms with Crippen LogP contribution in [0.4, 0.5) is 0 Å². The summed E-state index contributed by atoms with van der Waals surface area (Å²) in [6, 6.07) is 11.2. The maximum atomic E-state index is 12.3. The molecule has 2 unspecified atom stereocenters. The predicted octanol–water partition coefficient (Wildman–Crippen LogP) is 4.17. The highest BCUT2D eigenvalue weighted by Gasteiger charge is 2.20. The van der Waals surface area contributed by atoms with Crippen molar-refractivity contribution in [2.24, 2.45) is 5.92 Å². The molecule has 3 aromatic rings. The predicted molar refractivity (Wildman–Crippen MR) is 93.8 cm³/mol. The van der Waals surface area contributed by atoms with Gasteiger partial charge in [0, 0.05) is 6.54 Å². The second-order valence-corrected chi connectivity index (χ2v) is 6.26. The maximum absolute atomic E-state index is 12.3. The van der Waals surface area contributed by atoms with Crippen LogP contribution in [0.3, 0.4) is 0 Å². The Morgan fingerprint density at radius 1 is 1.25 bits per heavy atom. The molecule has 0 fully saturated rings. The smallest absolute Gasteiger partial charge is 0.287 e. The van der Waals surface area contributed by atoms with Gasteiger partial charge >= 0.3 is 0 Å². The average molecular weight is 325 g/mol. The van der Waals surface area contributed by atoms with Gasteiger partial charge in [0.05, 0.1) is 23.3 Å². The zero-order valence-electron chi connectivity index (χ0n) is 14.3. The SMILES string of the molecule is CCC(C)Cn1c(C(C)NC(=O)c2ccco2)nc2ccccc21. The first-order valence-corrected chi connectivity index (χ1v) is 8.39. The molecular weight excluding hydrogens is 302 g/mol. The summed E-state index contributed by atoms with van der Waals surface area (Å²) in [4.78, 5) is 17.0. The highest BCUT2D eigenvalue weighted by atomic mass is 16.3. The third kappa shape index (κ3) is 3.20. The Bertz CT molecular complexity index is 820. The van der Waals surface area contributed by atoms with Crippen molar-refractivity contribution < 1.29 is 9.21 Å². The van der Waals surface area contributed by atoms with Crippen LogP contribution in [0.5, 0.6) is 0 Å². The fraction of sp³-hybridized carbons (Fsp3) is 0.368. The fourth-order valence-corrected chi connectivity index (χ4v) is 2.80. The van der Waals surface area contributed by atoms with Gasteiger partial charge in [-0.25, -0.2) is 4.98 Å². The lowest BCUT2D eigenvalue weighted by molar-refractivity contribution is 0.0909. The van der Waals surface area contributed by atoms with Crippen LogP contribution in [-0.4, -0.2) is 15.5 Å². The summed E-state index contributed by atoms with van der Waals surface area (Å²) in [6.07, 6.45) is 2.59. The van der Waals surface area contributed by atoms with Gasteiger partial charge in [-0.15, -0.1) is 0 Å². The van der Waals surface area contributed by atoms with E-state index in [1.54, 1.807) is 12.1 Å². The highest BCUT2D eigenvalue weighted by molar-refractivity contribution is 5.91. The fourth-order valence-electron chi connectivity index (χ4n) is 2.80. The van der Waals surface area contributed by atoms with Gasteiger partial charge in [-0.2, -0.15) is 0 Å². The van der Waals surface area contributed by atoms with Crippen LogP contribution in [0.25, 0.3) is 11.0 Å². The number of hydrogen-bond acceptors (Lipinski definition) is 3. The molecule has 5 nitrogen and oxygen atoms in total. The molecule has 0 saturated carbocycles. The topological polar surface area (TPSA) is 60.1 Å². The number of nitrogens with one attached hydrogen (secondary N) is 1. The number of para-hydroxylation sites is 2. The molecule has 0 bridgehead atoms. The minimum atomic E-state index is -0.227. The van der Waals surface area contributed by atoms with Crippen LogP contribution >= 0.6 is 0 Å². The van der Waals surface area contributed by atoms with Crippen LogP contribution < -0.4 is 5.32 Å². The molecule has 0 radical (unpaired) electrons. The number of aromatic nitrogens is 2. The third-order valence-corrected chi connectivity index (χ3v) is 4.36. The number of amides is 1. The first kappa shape index (κ1) is 16.3. The van der Waals surface area contributed by atoms with Crippen LogP contribution in [0.1, 0.15) is 49.6 Å². The molecule has 1 amide bonds. The van der Waals surface area contributed by atoms with E-state index < -0.39 is 0 Å². The van der Waals surface area contributed by atoms with Crippen molar-refractivity contribution in [3.8, 4) is 0 Å². The summed E-state index contributed by atoms with van der Waals surface area (Å²) < 4.78 is 7.38. The number of rotatable bonds is 6. The van der Waals surface area contributed by atoms with Crippen LogP contribution in [0.15, 0.2) is 47.1 Å². The second-order valence-electron chi connectivity index (χ2n) is 6.26. The normalized spacial score (nSPS) is 13.8. The number of carbonyl (C=O) groups excluding carboxylic acids is 1. The molecule has 3 rings (SSSR count). The number of carbonyl (C=O) groups is 1. The van der Waals surface area contributed by atoms with Crippen molar-refractivity contribution in [3.63, 3.8) is 0 Å². The van der Waals surface area contributed by atoms with Crippen LogP contribution in [0.2, 0.25) is 0 Å². The summed E-state index contributed by atoms with van der Waals surface area (Å²) in [5.41, 5.74) is 2.06. The Hall–Kier alpha value is -2.56. The van der Waals surface area contributed by atoms with Gasteiger partial charge in [-0.05, 0) is 37.1 Å². The third-order valence-electron chi connectivity index (χ3n) is 4.36. The lowest BCUT2D eigenvalue weighted by atomic mass is 10.1. The number of imidazole rings is 1. The van der Waals surface area contributed by atoms with E-state index >= 15 is 0 Å². The minimum absolute atomic E-state index is 0.209. The maximum Gasteiger partial charge on any atom is 0.287 e. The zero-order valence-corrected chi connectivity index (χ0v) is 14.3. The molecule has 1 N–H and O–H groups in total. The quantitative estimate of drug-likeness (QED) is 0.740. The largest absolute Gasteiger partial charge is 0.459 e. The molecule has 2 aromatic heterocycles. The van der Waals surface area contributed by atoms with Gasteiger partial charge in [0.15, 0.2) is 5.76 Å². The summed E-state index contributed by atoms with van der Waals surface area (Å²) in [5.74, 6) is 1.49. The molecule has 0 aliphatic rings. The average Bonchev–Trinajstić information content (AvgIpc) is 3.23. The molecule has 24 heavy (non-hydrogen) atoms. The van der Waals surface area contributed by atoms with Crippen molar-refractivity contribution in [1.29, 1.82) is 0 Å². The molecule has 2 atom stereocenters. The first-order valence-electron chi connectivity index (χ1n) is 8.39. The molecular formula is C19H23N3O2. The van der Waals surface area contributed by atoms with Gasteiger partial charge in [0.1, 0.15) is 5.82 Å². The van der Waals surface area contributed by atoms with Gasteiger partial charge in [0.2, 0.25) is 0 Å². The van der Waals surface area contributed by atoms with E-state index in [4.69, 9.17) is 9.40 Å². The first-order chi connectivity index (χ1) is 11.6. The number of furan rings is 1. The Morgan fingerprint density at radius 3 is 2.75 bits per heavy atom. The van der Waals surface area contributed by atoms with E-state index in [0.717, 1.165) is 29.8 Å². The molecule has 0 aliphatic heterocycles. The summed E-state index contributed by atoms with van der Waals surface area (Å²) in [5, 5.41) is 2.98. The zero-order chi connectivity index (χ0) is 17.1. The van der Waals surface area contributed by atoms with Crippen LogP contribution in [0, 0.1) is 5.92 Å². The van der Waals surface area contributed by atoms with Crippen molar-refractivity contribution in [1.82, 2.24) is 14.9 Å². The Morgan fingerprint density at radius 2 is 2.04 bits per heavy atom. The lowest BCUT2D eigenvalue weighted by Crippen LogP contribution is -2.28. The highest BCUT2D eigenvalue weighted by Crippen LogP contribution is 2.23. The van der Waals surface area contributed by atoms with Crippen molar-refractivity contribution in [2.75, 3.05) is 0 Å².